The Kier molecular flexibility index (Phi) is 6.50. The Hall–Kier alpha value is -0.820. The van der Waals surface area contributed by atoms with Crippen molar-refractivity contribution in [2.24, 2.45) is 7.05 Å². The van der Waals surface area contributed by atoms with Gasteiger partial charge < -0.3 is 9.47 Å². The summed E-state index contributed by atoms with van der Waals surface area (Å²) in [7, 11) is 1.95. The van der Waals surface area contributed by atoms with Gasteiger partial charge in [0.2, 0.25) is 5.91 Å². The van der Waals surface area contributed by atoms with Crippen LogP contribution >= 0.6 is 24.0 Å². The maximum absolute atomic E-state index is 12.5. The molecule has 1 saturated heterocycles. The SMILES string of the molecule is CCCCS[C@H](C)C(=O)N1CCC(c2n[nH]c(=S)n2C)CC1. The second-order valence-electron chi connectivity index (χ2n) is 5.91. The highest BCUT2D eigenvalue weighted by atomic mass is 32.2. The van der Waals surface area contributed by atoms with Crippen LogP contribution < -0.4 is 0 Å². The third-order valence-electron chi connectivity index (χ3n) is 4.30. The third-order valence-corrected chi connectivity index (χ3v) is 5.89. The first-order valence-corrected chi connectivity index (χ1v) is 9.52. The zero-order valence-electron chi connectivity index (χ0n) is 13.7. The summed E-state index contributed by atoms with van der Waals surface area (Å²) in [5.41, 5.74) is 0. The van der Waals surface area contributed by atoms with Crippen LogP contribution in [0.15, 0.2) is 0 Å². The van der Waals surface area contributed by atoms with Gasteiger partial charge in [0, 0.05) is 26.1 Å². The van der Waals surface area contributed by atoms with Gasteiger partial charge >= 0.3 is 0 Å². The van der Waals surface area contributed by atoms with Crippen molar-refractivity contribution in [3.63, 3.8) is 0 Å². The van der Waals surface area contributed by atoms with Gasteiger partial charge in [-0.1, -0.05) is 13.3 Å². The van der Waals surface area contributed by atoms with E-state index in [0.29, 0.717) is 10.7 Å². The van der Waals surface area contributed by atoms with Crippen LogP contribution in [0.3, 0.4) is 0 Å². The van der Waals surface area contributed by atoms with Gasteiger partial charge in [-0.05, 0) is 44.2 Å². The van der Waals surface area contributed by atoms with E-state index in [9.17, 15) is 4.79 Å². The minimum atomic E-state index is 0.0730. The molecule has 1 aromatic rings. The Morgan fingerprint density at radius 1 is 1.50 bits per heavy atom. The second-order valence-corrected chi connectivity index (χ2v) is 7.75. The molecule has 2 heterocycles. The first-order chi connectivity index (χ1) is 10.5. The summed E-state index contributed by atoms with van der Waals surface area (Å²) in [6, 6.07) is 0. The molecule has 1 aliphatic rings. The monoisotopic (exact) mass is 342 g/mol. The lowest BCUT2D eigenvalue weighted by molar-refractivity contribution is -0.131. The van der Waals surface area contributed by atoms with Crippen molar-refractivity contribution in [2.75, 3.05) is 18.8 Å². The van der Waals surface area contributed by atoms with Crippen molar-refractivity contribution >= 4 is 29.9 Å². The summed E-state index contributed by atoms with van der Waals surface area (Å²) in [6.07, 6.45) is 4.30. The van der Waals surface area contributed by atoms with Crippen LogP contribution in [0.2, 0.25) is 0 Å². The maximum atomic E-state index is 12.5. The Bertz CT molecular complexity index is 546. The van der Waals surface area contributed by atoms with Gasteiger partial charge in [0.25, 0.3) is 0 Å². The van der Waals surface area contributed by atoms with Gasteiger partial charge in [-0.15, -0.1) is 11.8 Å². The maximum Gasteiger partial charge on any atom is 0.235 e. The fourth-order valence-electron chi connectivity index (χ4n) is 2.82. The normalized spacial score (nSPS) is 17.7. The zero-order valence-corrected chi connectivity index (χ0v) is 15.3. The molecule has 0 bridgehead atoms. The van der Waals surface area contributed by atoms with Crippen LogP contribution in [0.25, 0.3) is 0 Å². The van der Waals surface area contributed by atoms with Crippen molar-refractivity contribution < 1.29 is 4.79 Å². The fourth-order valence-corrected chi connectivity index (χ4v) is 4.05. The molecule has 0 spiro atoms. The minimum Gasteiger partial charge on any atom is -0.342 e. The molecule has 1 fully saturated rings. The van der Waals surface area contributed by atoms with E-state index in [-0.39, 0.29) is 11.2 Å². The first kappa shape index (κ1) is 17.5. The predicted octanol–water partition coefficient (Wildman–Crippen LogP) is 3.11. The molecular formula is C15H26N4OS2. The molecule has 124 valence electrons. The summed E-state index contributed by atoms with van der Waals surface area (Å²) >= 11 is 6.95. The molecule has 0 aromatic carbocycles. The number of thioether (sulfide) groups is 1. The second kappa shape index (κ2) is 8.15. The number of likely N-dealkylation sites (tertiary alicyclic amines) is 1. The van der Waals surface area contributed by atoms with Crippen molar-refractivity contribution in [3.05, 3.63) is 10.6 Å². The van der Waals surface area contributed by atoms with Gasteiger partial charge in [0.05, 0.1) is 5.25 Å². The number of aromatic amines is 1. The van der Waals surface area contributed by atoms with Crippen LogP contribution in [0.4, 0.5) is 0 Å². The van der Waals surface area contributed by atoms with E-state index in [1.807, 2.05) is 23.4 Å². The van der Waals surface area contributed by atoms with E-state index in [0.717, 1.165) is 37.5 Å². The van der Waals surface area contributed by atoms with E-state index in [2.05, 4.69) is 17.1 Å². The number of carbonyl (C=O) groups is 1. The molecule has 0 radical (unpaired) electrons. The number of rotatable bonds is 6. The van der Waals surface area contributed by atoms with E-state index < -0.39 is 0 Å². The molecule has 1 N–H and O–H groups in total. The Balaban J connectivity index is 1.85. The number of carbonyl (C=O) groups excluding carboxylic acids is 1. The fraction of sp³-hybridized carbons (Fsp3) is 0.800. The third kappa shape index (κ3) is 4.13. The van der Waals surface area contributed by atoms with Crippen LogP contribution in [0, 0.1) is 4.77 Å². The molecule has 0 saturated carbocycles. The highest BCUT2D eigenvalue weighted by Gasteiger charge is 2.28. The van der Waals surface area contributed by atoms with Gasteiger partial charge in [-0.25, -0.2) is 0 Å². The topological polar surface area (TPSA) is 53.9 Å². The van der Waals surface area contributed by atoms with Gasteiger partial charge in [-0.2, -0.15) is 5.10 Å². The molecule has 2 rings (SSSR count). The highest BCUT2D eigenvalue weighted by molar-refractivity contribution is 8.00. The molecule has 1 aromatic heterocycles. The Morgan fingerprint density at radius 3 is 2.73 bits per heavy atom. The average Bonchev–Trinajstić information content (AvgIpc) is 2.86. The summed E-state index contributed by atoms with van der Waals surface area (Å²) < 4.78 is 2.61. The lowest BCUT2D eigenvalue weighted by Crippen LogP contribution is -2.42. The molecule has 1 aliphatic heterocycles. The lowest BCUT2D eigenvalue weighted by Gasteiger charge is -2.33. The highest BCUT2D eigenvalue weighted by Crippen LogP contribution is 2.27. The molecule has 1 amide bonds. The molecule has 5 nitrogen and oxygen atoms in total. The minimum absolute atomic E-state index is 0.0730. The number of unbranched alkanes of at least 4 members (excludes halogenated alkanes) is 1. The van der Waals surface area contributed by atoms with Crippen molar-refractivity contribution in [1.29, 1.82) is 0 Å². The van der Waals surface area contributed by atoms with Crippen LogP contribution in [0.1, 0.15) is 51.3 Å². The standard InChI is InChI=1S/C15H26N4OS2/c1-4-5-10-22-11(2)14(20)19-8-6-12(7-9-19)13-16-17-15(21)18(13)3/h11-12H,4-10H2,1-3H3,(H,17,21)/t11-/m1/s1. The van der Waals surface area contributed by atoms with Crippen LogP contribution in [-0.4, -0.2) is 49.7 Å². The van der Waals surface area contributed by atoms with E-state index in [1.54, 1.807) is 11.8 Å². The number of aromatic nitrogens is 3. The van der Waals surface area contributed by atoms with Gasteiger partial charge in [0.1, 0.15) is 5.82 Å². The summed E-state index contributed by atoms with van der Waals surface area (Å²) in [5, 5.41) is 7.25. The zero-order chi connectivity index (χ0) is 16.1. The number of hydrogen-bond acceptors (Lipinski definition) is 4. The number of nitrogens with zero attached hydrogens (tertiary/aromatic N) is 3. The average molecular weight is 343 g/mol. The Labute approximate surface area is 141 Å². The number of piperidine rings is 1. The Morgan fingerprint density at radius 2 is 2.18 bits per heavy atom. The smallest absolute Gasteiger partial charge is 0.235 e. The number of hydrogen-bond donors (Lipinski definition) is 1. The van der Waals surface area contributed by atoms with Gasteiger partial charge in [0.15, 0.2) is 4.77 Å². The molecule has 7 heteroatoms. The van der Waals surface area contributed by atoms with Crippen molar-refractivity contribution in [1.82, 2.24) is 19.7 Å². The number of amides is 1. The summed E-state index contributed by atoms with van der Waals surface area (Å²) in [6.45, 7) is 5.86. The van der Waals surface area contributed by atoms with E-state index in [1.165, 1.54) is 12.8 Å². The predicted molar refractivity (Wildman–Crippen MR) is 93.8 cm³/mol. The van der Waals surface area contributed by atoms with Crippen molar-refractivity contribution in [3.8, 4) is 0 Å². The number of H-pyrrole nitrogens is 1. The molecule has 1 atom stereocenters. The number of nitrogens with one attached hydrogen (secondary N) is 1. The largest absolute Gasteiger partial charge is 0.342 e. The van der Waals surface area contributed by atoms with E-state index in [4.69, 9.17) is 12.2 Å². The molecular weight excluding hydrogens is 316 g/mol. The van der Waals surface area contributed by atoms with E-state index >= 15 is 0 Å². The quantitative estimate of drug-likeness (QED) is 0.637. The van der Waals surface area contributed by atoms with Crippen LogP contribution in [0.5, 0.6) is 0 Å². The molecule has 0 unspecified atom stereocenters. The van der Waals surface area contributed by atoms with Crippen molar-refractivity contribution in [2.45, 2.75) is 50.7 Å². The van der Waals surface area contributed by atoms with Crippen LogP contribution in [-0.2, 0) is 11.8 Å². The lowest BCUT2D eigenvalue weighted by atomic mass is 9.96. The summed E-state index contributed by atoms with van der Waals surface area (Å²) in [5.74, 6) is 2.77. The first-order valence-electron chi connectivity index (χ1n) is 8.06. The molecule has 22 heavy (non-hydrogen) atoms. The summed E-state index contributed by atoms with van der Waals surface area (Å²) in [4.78, 5) is 14.5. The van der Waals surface area contributed by atoms with Gasteiger partial charge in [-0.3, -0.25) is 9.89 Å². The molecule has 0 aliphatic carbocycles.